The molecule has 104 valence electrons. The number of aromatic nitrogens is 2. The second-order valence-corrected chi connectivity index (χ2v) is 4.95. The first-order chi connectivity index (χ1) is 10.3. The largest absolute Gasteiger partial charge is 0.485 e. The van der Waals surface area contributed by atoms with Crippen molar-refractivity contribution in [2.24, 2.45) is 0 Å². The van der Waals surface area contributed by atoms with Gasteiger partial charge in [-0.25, -0.2) is 4.98 Å². The number of imidazole rings is 1. The van der Waals surface area contributed by atoms with E-state index in [9.17, 15) is 4.79 Å². The maximum absolute atomic E-state index is 11.6. The van der Waals surface area contributed by atoms with Crippen molar-refractivity contribution in [2.45, 2.75) is 13.2 Å². The molecule has 4 rings (SSSR count). The molecule has 5 heteroatoms. The van der Waals surface area contributed by atoms with Crippen LogP contribution in [0.1, 0.15) is 21.7 Å². The van der Waals surface area contributed by atoms with Crippen LogP contribution in [-0.2, 0) is 13.2 Å². The van der Waals surface area contributed by atoms with E-state index in [1.54, 1.807) is 0 Å². The molecular formula is C16H13N3O2. The highest BCUT2D eigenvalue weighted by Gasteiger charge is 2.22. The normalized spacial score (nSPS) is 13.2. The van der Waals surface area contributed by atoms with Gasteiger partial charge in [0, 0.05) is 17.7 Å². The molecule has 21 heavy (non-hydrogen) atoms. The van der Waals surface area contributed by atoms with E-state index in [1.807, 2.05) is 42.5 Å². The number of carbonyl (C=O) groups is 1. The smallest absolute Gasteiger partial charge is 0.252 e. The van der Waals surface area contributed by atoms with Crippen LogP contribution in [0.2, 0.25) is 0 Å². The molecule has 0 spiro atoms. The Morgan fingerprint density at radius 3 is 2.95 bits per heavy atom. The second kappa shape index (κ2) is 4.63. The van der Waals surface area contributed by atoms with Gasteiger partial charge in [0.1, 0.15) is 18.2 Å². The highest BCUT2D eigenvalue weighted by molar-refractivity contribution is 5.99. The Morgan fingerprint density at radius 2 is 2.05 bits per heavy atom. The average Bonchev–Trinajstić information content (AvgIpc) is 3.09. The van der Waals surface area contributed by atoms with E-state index in [1.165, 1.54) is 0 Å². The van der Waals surface area contributed by atoms with E-state index in [0.29, 0.717) is 18.7 Å². The van der Waals surface area contributed by atoms with E-state index in [2.05, 4.69) is 15.3 Å². The van der Waals surface area contributed by atoms with Gasteiger partial charge >= 0.3 is 0 Å². The Labute approximate surface area is 121 Å². The summed E-state index contributed by atoms with van der Waals surface area (Å²) in [5.41, 5.74) is 3.52. The lowest BCUT2D eigenvalue weighted by Crippen LogP contribution is -2.12. The lowest BCUT2D eigenvalue weighted by molar-refractivity contribution is 0.0966. The van der Waals surface area contributed by atoms with E-state index in [4.69, 9.17) is 4.74 Å². The zero-order valence-electron chi connectivity index (χ0n) is 11.2. The van der Waals surface area contributed by atoms with Crippen LogP contribution >= 0.6 is 0 Å². The number of fused-ring (bicyclic) bond motifs is 2. The number of carbonyl (C=O) groups excluding carboxylic acids is 1. The van der Waals surface area contributed by atoms with Crippen molar-refractivity contribution < 1.29 is 9.53 Å². The number of rotatable bonds is 3. The number of nitrogens with one attached hydrogen (secondary N) is 2. The summed E-state index contributed by atoms with van der Waals surface area (Å²) in [6.45, 7) is 0.865. The van der Waals surface area contributed by atoms with E-state index < -0.39 is 0 Å². The van der Waals surface area contributed by atoms with Crippen LogP contribution in [0.3, 0.4) is 0 Å². The van der Waals surface area contributed by atoms with Crippen LogP contribution < -0.4 is 10.1 Å². The van der Waals surface area contributed by atoms with Crippen LogP contribution in [0.25, 0.3) is 11.0 Å². The molecule has 2 aromatic carbocycles. The molecule has 2 heterocycles. The van der Waals surface area contributed by atoms with Crippen molar-refractivity contribution in [2.75, 3.05) is 0 Å². The van der Waals surface area contributed by atoms with E-state index in [-0.39, 0.29) is 5.91 Å². The van der Waals surface area contributed by atoms with Gasteiger partial charge in [0.15, 0.2) is 0 Å². The van der Waals surface area contributed by atoms with Gasteiger partial charge in [0.05, 0.1) is 11.0 Å². The zero-order chi connectivity index (χ0) is 14.2. The van der Waals surface area contributed by atoms with Gasteiger partial charge < -0.3 is 15.0 Å². The fourth-order valence-corrected chi connectivity index (χ4v) is 2.58. The van der Waals surface area contributed by atoms with Gasteiger partial charge in [-0.05, 0) is 24.3 Å². The van der Waals surface area contributed by atoms with Crippen molar-refractivity contribution in [3.05, 3.63) is 59.4 Å². The number of aromatic amines is 1. The number of H-pyrrole nitrogens is 1. The van der Waals surface area contributed by atoms with Gasteiger partial charge in [0.25, 0.3) is 5.91 Å². The first kappa shape index (κ1) is 12.0. The Balaban J connectivity index is 1.59. The number of nitrogens with zero attached hydrogens (tertiary/aromatic N) is 1. The molecule has 0 unspecified atom stereocenters. The molecule has 1 aromatic heterocycles. The molecular weight excluding hydrogens is 266 g/mol. The third kappa shape index (κ3) is 2.03. The maximum Gasteiger partial charge on any atom is 0.252 e. The van der Waals surface area contributed by atoms with E-state index >= 15 is 0 Å². The molecule has 1 aliphatic heterocycles. The second-order valence-electron chi connectivity index (χ2n) is 4.95. The summed E-state index contributed by atoms with van der Waals surface area (Å²) in [5.74, 6) is 1.46. The third-order valence-corrected chi connectivity index (χ3v) is 3.61. The van der Waals surface area contributed by atoms with Gasteiger partial charge in [-0.2, -0.15) is 0 Å². The SMILES string of the molecule is O=C1NCc2c(OCc3nc4ccccc4[nH]3)cccc21. The van der Waals surface area contributed by atoms with Crippen LogP contribution in [0, 0.1) is 0 Å². The van der Waals surface area contributed by atoms with Gasteiger partial charge in [0.2, 0.25) is 0 Å². The molecule has 0 saturated heterocycles. The van der Waals surface area contributed by atoms with E-state index in [0.717, 1.165) is 28.2 Å². The summed E-state index contributed by atoms with van der Waals surface area (Å²) in [6, 6.07) is 13.4. The van der Waals surface area contributed by atoms with Crippen LogP contribution in [-0.4, -0.2) is 15.9 Å². The fraction of sp³-hybridized carbons (Fsp3) is 0.125. The molecule has 1 aliphatic rings. The molecule has 0 radical (unpaired) electrons. The van der Waals surface area contributed by atoms with Crippen LogP contribution in [0.15, 0.2) is 42.5 Å². The Hall–Kier alpha value is -2.82. The minimum absolute atomic E-state index is 0.0424. The zero-order valence-corrected chi connectivity index (χ0v) is 11.2. The minimum Gasteiger partial charge on any atom is -0.485 e. The van der Waals surface area contributed by atoms with Crippen molar-refractivity contribution in [1.29, 1.82) is 0 Å². The number of para-hydroxylation sites is 2. The van der Waals surface area contributed by atoms with Crippen molar-refractivity contribution in [3.63, 3.8) is 0 Å². The molecule has 3 aromatic rings. The predicted octanol–water partition coefficient (Wildman–Crippen LogP) is 2.39. The maximum atomic E-state index is 11.6. The summed E-state index contributed by atoms with van der Waals surface area (Å²) >= 11 is 0. The average molecular weight is 279 g/mol. The highest BCUT2D eigenvalue weighted by Crippen LogP contribution is 2.26. The van der Waals surface area contributed by atoms with Crippen LogP contribution in [0.4, 0.5) is 0 Å². The first-order valence-corrected chi connectivity index (χ1v) is 6.78. The summed E-state index contributed by atoms with van der Waals surface area (Å²) in [4.78, 5) is 19.3. The molecule has 0 saturated carbocycles. The Kier molecular flexibility index (Phi) is 2.64. The fourth-order valence-electron chi connectivity index (χ4n) is 2.58. The first-order valence-electron chi connectivity index (χ1n) is 6.78. The summed E-state index contributed by atoms with van der Waals surface area (Å²) in [7, 11) is 0. The molecule has 0 bridgehead atoms. The van der Waals surface area contributed by atoms with Crippen molar-refractivity contribution in [1.82, 2.24) is 15.3 Å². The Bertz CT molecular complexity index is 805. The molecule has 0 atom stereocenters. The number of hydrogen-bond acceptors (Lipinski definition) is 3. The predicted molar refractivity (Wildman–Crippen MR) is 78.0 cm³/mol. The molecule has 0 aliphatic carbocycles. The monoisotopic (exact) mass is 279 g/mol. The lowest BCUT2D eigenvalue weighted by atomic mass is 10.1. The summed E-state index contributed by atoms with van der Waals surface area (Å²) in [5, 5.41) is 2.80. The quantitative estimate of drug-likeness (QED) is 0.773. The highest BCUT2D eigenvalue weighted by atomic mass is 16.5. The third-order valence-electron chi connectivity index (χ3n) is 3.61. The lowest BCUT2D eigenvalue weighted by Gasteiger charge is -2.08. The topological polar surface area (TPSA) is 67.0 Å². The van der Waals surface area contributed by atoms with Gasteiger partial charge in [-0.1, -0.05) is 18.2 Å². The summed E-state index contributed by atoms with van der Waals surface area (Å²) < 4.78 is 5.83. The number of benzene rings is 2. The molecule has 5 nitrogen and oxygen atoms in total. The van der Waals surface area contributed by atoms with Crippen molar-refractivity contribution >= 4 is 16.9 Å². The minimum atomic E-state index is -0.0424. The number of hydrogen-bond donors (Lipinski definition) is 2. The number of ether oxygens (including phenoxy) is 1. The van der Waals surface area contributed by atoms with Crippen molar-refractivity contribution in [3.8, 4) is 5.75 Å². The van der Waals surface area contributed by atoms with Gasteiger partial charge in [-0.3, -0.25) is 4.79 Å². The standard InChI is InChI=1S/C16H13N3O2/c20-16-10-4-3-7-14(11(10)8-17-16)21-9-15-18-12-5-1-2-6-13(12)19-15/h1-7H,8-9H2,(H,17,20)(H,18,19). The summed E-state index contributed by atoms with van der Waals surface area (Å²) in [6.07, 6.45) is 0. The molecule has 2 N–H and O–H groups in total. The number of amides is 1. The molecule has 1 amide bonds. The van der Waals surface area contributed by atoms with Gasteiger partial charge in [-0.15, -0.1) is 0 Å². The Morgan fingerprint density at radius 1 is 1.14 bits per heavy atom. The van der Waals surface area contributed by atoms with Crippen LogP contribution in [0.5, 0.6) is 5.75 Å². The molecule has 0 fully saturated rings.